The predicted molar refractivity (Wildman–Crippen MR) is 107 cm³/mol. The minimum Gasteiger partial charge on any atom is -0.441 e. The zero-order chi connectivity index (χ0) is 20.5. The van der Waals surface area contributed by atoms with E-state index in [0.717, 1.165) is 11.0 Å². The van der Waals surface area contributed by atoms with Gasteiger partial charge in [0.25, 0.3) is 0 Å². The summed E-state index contributed by atoms with van der Waals surface area (Å²) in [4.78, 5) is 9.36. The Hall–Kier alpha value is -3.27. The number of halogens is 2. The van der Waals surface area contributed by atoms with Crippen LogP contribution in [0.15, 0.2) is 33.6 Å². The molecule has 4 aromatic rings. The number of nitrogens with zero attached hydrogens (tertiary/aromatic N) is 4. The van der Waals surface area contributed by atoms with Crippen molar-refractivity contribution in [1.29, 1.82) is 0 Å². The van der Waals surface area contributed by atoms with E-state index >= 15 is 0 Å². The van der Waals surface area contributed by atoms with Gasteiger partial charge in [-0.1, -0.05) is 17.4 Å². The molecule has 4 rings (SSSR count). The largest absolute Gasteiger partial charge is 0.441 e. The van der Waals surface area contributed by atoms with Crippen LogP contribution in [0, 0.1) is 18.6 Å². The van der Waals surface area contributed by atoms with Gasteiger partial charge in [0.2, 0.25) is 5.89 Å². The molecule has 7 nitrogen and oxygen atoms in total. The van der Waals surface area contributed by atoms with Crippen LogP contribution in [0.2, 0.25) is 0 Å². The summed E-state index contributed by atoms with van der Waals surface area (Å²) >= 11 is 1.43. The average Bonchev–Trinajstić information content (AvgIpc) is 3.26. The van der Waals surface area contributed by atoms with Gasteiger partial charge >= 0.3 is 0 Å². The zero-order valence-corrected chi connectivity index (χ0v) is 16.3. The van der Waals surface area contributed by atoms with Crippen molar-refractivity contribution in [2.45, 2.75) is 24.5 Å². The fourth-order valence-corrected chi connectivity index (χ4v) is 3.92. The van der Waals surface area contributed by atoms with E-state index < -0.39 is 11.6 Å². The lowest BCUT2D eigenvalue weighted by molar-refractivity contribution is 0.530. The SMILES string of the molecule is C/C=C/c1cc(F)cc(F)c1-c1nc(CSc2cc(N)nc3[nH]nnc23)c(C)o1. The Kier molecular flexibility index (Phi) is 5.01. The van der Waals surface area contributed by atoms with E-state index in [1.165, 1.54) is 17.8 Å². The molecular weight excluding hydrogens is 398 g/mol. The highest BCUT2D eigenvalue weighted by Gasteiger charge is 2.20. The van der Waals surface area contributed by atoms with Gasteiger partial charge in [-0.25, -0.2) is 23.8 Å². The van der Waals surface area contributed by atoms with E-state index in [1.807, 2.05) is 0 Å². The Balaban J connectivity index is 1.66. The number of nitrogens with one attached hydrogen (secondary N) is 1. The Morgan fingerprint density at radius 3 is 2.86 bits per heavy atom. The number of anilines is 1. The molecule has 0 spiro atoms. The molecule has 3 aromatic heterocycles. The predicted octanol–water partition coefficient (Wildman–Crippen LogP) is 4.50. The van der Waals surface area contributed by atoms with Gasteiger partial charge in [-0.15, -0.1) is 16.9 Å². The number of benzene rings is 1. The van der Waals surface area contributed by atoms with Gasteiger partial charge in [-0.3, -0.25) is 0 Å². The molecule has 29 heavy (non-hydrogen) atoms. The van der Waals surface area contributed by atoms with E-state index in [9.17, 15) is 8.78 Å². The van der Waals surface area contributed by atoms with E-state index in [0.29, 0.717) is 39.8 Å². The van der Waals surface area contributed by atoms with E-state index in [-0.39, 0.29) is 11.5 Å². The first-order valence-corrected chi connectivity index (χ1v) is 9.63. The summed E-state index contributed by atoms with van der Waals surface area (Å²) in [7, 11) is 0. The van der Waals surface area contributed by atoms with Gasteiger partial charge in [0, 0.05) is 16.7 Å². The Labute approximate surface area is 168 Å². The number of hydrogen-bond acceptors (Lipinski definition) is 7. The van der Waals surface area contributed by atoms with Crippen LogP contribution in [0.5, 0.6) is 0 Å². The highest BCUT2D eigenvalue weighted by molar-refractivity contribution is 7.98. The third kappa shape index (κ3) is 3.70. The summed E-state index contributed by atoms with van der Waals surface area (Å²) in [5.41, 5.74) is 8.03. The highest BCUT2D eigenvalue weighted by atomic mass is 32.2. The first-order valence-electron chi connectivity index (χ1n) is 8.64. The zero-order valence-electron chi connectivity index (χ0n) is 15.5. The number of thioether (sulfide) groups is 1. The monoisotopic (exact) mass is 414 g/mol. The molecule has 3 N–H and O–H groups in total. The standard InChI is InChI=1S/C19H16F2N6OS/c1-3-4-10-5-11(20)6-12(21)16(10)19-23-13(9(2)28-19)8-29-14-7-15(22)24-18-17(14)25-27-26-18/h3-7H,8H2,1-2H3,(H3,22,24,25,26,27)/b4-3+. The molecule has 10 heteroatoms. The third-order valence-electron chi connectivity index (χ3n) is 4.19. The third-order valence-corrected chi connectivity index (χ3v) is 5.23. The fourth-order valence-electron chi connectivity index (χ4n) is 2.89. The Bertz CT molecular complexity index is 1230. The summed E-state index contributed by atoms with van der Waals surface area (Å²) in [6.07, 6.45) is 3.30. The molecule has 3 heterocycles. The van der Waals surface area contributed by atoms with Crippen molar-refractivity contribution in [3.8, 4) is 11.5 Å². The number of aromatic amines is 1. The summed E-state index contributed by atoms with van der Waals surface area (Å²) in [5, 5.41) is 10.4. The first-order chi connectivity index (χ1) is 14.0. The van der Waals surface area contributed by atoms with Crippen LogP contribution < -0.4 is 5.73 Å². The molecule has 0 saturated heterocycles. The van der Waals surface area contributed by atoms with Gasteiger partial charge in [-0.2, -0.15) is 0 Å². The van der Waals surface area contributed by atoms with Crippen molar-refractivity contribution in [3.05, 3.63) is 52.9 Å². The molecule has 0 fully saturated rings. The molecule has 1 aromatic carbocycles. The number of allylic oxidation sites excluding steroid dienone is 1. The number of rotatable bonds is 5. The lowest BCUT2D eigenvalue weighted by Gasteiger charge is -2.04. The number of hydrogen-bond donors (Lipinski definition) is 2. The van der Waals surface area contributed by atoms with Gasteiger partial charge in [0.15, 0.2) is 5.65 Å². The average molecular weight is 414 g/mol. The van der Waals surface area contributed by atoms with Crippen LogP contribution >= 0.6 is 11.8 Å². The number of fused-ring (bicyclic) bond motifs is 1. The smallest absolute Gasteiger partial charge is 0.230 e. The van der Waals surface area contributed by atoms with E-state index in [1.54, 1.807) is 32.1 Å². The molecule has 0 atom stereocenters. The quantitative estimate of drug-likeness (QED) is 0.463. The minimum atomic E-state index is -0.732. The molecular formula is C19H16F2N6OS. The second-order valence-corrected chi connectivity index (χ2v) is 7.23. The van der Waals surface area contributed by atoms with Crippen molar-refractivity contribution in [3.63, 3.8) is 0 Å². The van der Waals surface area contributed by atoms with Crippen molar-refractivity contribution in [2.75, 3.05) is 5.73 Å². The summed E-state index contributed by atoms with van der Waals surface area (Å²) in [6, 6.07) is 3.76. The molecule has 0 amide bonds. The molecule has 0 saturated carbocycles. The van der Waals surface area contributed by atoms with Gasteiger partial charge in [0.05, 0.1) is 11.3 Å². The number of aromatic nitrogens is 5. The molecule has 148 valence electrons. The molecule has 0 radical (unpaired) electrons. The Morgan fingerprint density at radius 2 is 2.07 bits per heavy atom. The lowest BCUT2D eigenvalue weighted by atomic mass is 10.1. The van der Waals surface area contributed by atoms with Crippen LogP contribution in [0.1, 0.15) is 23.9 Å². The topological polar surface area (TPSA) is 107 Å². The van der Waals surface area contributed by atoms with Crippen molar-refractivity contribution in [2.24, 2.45) is 0 Å². The highest BCUT2D eigenvalue weighted by Crippen LogP contribution is 2.33. The van der Waals surface area contributed by atoms with Crippen molar-refractivity contribution >= 4 is 34.8 Å². The second-order valence-electron chi connectivity index (χ2n) is 6.22. The number of nitrogen functional groups attached to an aromatic ring is 1. The first kappa shape index (κ1) is 19.1. The van der Waals surface area contributed by atoms with Crippen LogP contribution in [0.4, 0.5) is 14.6 Å². The number of pyridine rings is 1. The van der Waals surface area contributed by atoms with Crippen molar-refractivity contribution < 1.29 is 13.2 Å². The summed E-state index contributed by atoms with van der Waals surface area (Å²) < 4.78 is 33.8. The van der Waals surface area contributed by atoms with Gasteiger partial charge in [0.1, 0.15) is 28.7 Å². The van der Waals surface area contributed by atoms with Crippen molar-refractivity contribution in [1.82, 2.24) is 25.4 Å². The summed E-state index contributed by atoms with van der Waals surface area (Å²) in [6.45, 7) is 3.51. The molecule has 0 bridgehead atoms. The fraction of sp³-hybridized carbons (Fsp3) is 0.158. The maximum absolute atomic E-state index is 14.5. The number of nitrogens with two attached hydrogens (primary N) is 1. The van der Waals surface area contributed by atoms with E-state index in [2.05, 4.69) is 25.4 Å². The summed E-state index contributed by atoms with van der Waals surface area (Å²) in [5.74, 6) is 0.0244. The molecule has 0 aliphatic carbocycles. The normalized spacial score (nSPS) is 11.7. The molecule has 0 unspecified atom stereocenters. The lowest BCUT2D eigenvalue weighted by Crippen LogP contribution is -1.93. The van der Waals surface area contributed by atoms with Crippen LogP contribution in [-0.2, 0) is 5.75 Å². The minimum absolute atomic E-state index is 0.101. The van der Waals surface area contributed by atoms with Crippen LogP contribution in [0.3, 0.4) is 0 Å². The Morgan fingerprint density at radius 1 is 1.24 bits per heavy atom. The van der Waals surface area contributed by atoms with E-state index in [4.69, 9.17) is 10.2 Å². The number of H-pyrrole nitrogens is 1. The maximum atomic E-state index is 14.5. The molecule has 0 aliphatic heterocycles. The van der Waals surface area contributed by atoms with Crippen LogP contribution in [-0.4, -0.2) is 25.4 Å². The van der Waals surface area contributed by atoms with Crippen LogP contribution in [0.25, 0.3) is 28.7 Å². The maximum Gasteiger partial charge on any atom is 0.230 e. The molecule has 0 aliphatic rings. The number of aryl methyl sites for hydroxylation is 1. The number of oxazole rings is 1. The van der Waals surface area contributed by atoms with Gasteiger partial charge in [-0.05, 0) is 31.5 Å². The second kappa shape index (κ2) is 7.63. The van der Waals surface area contributed by atoms with Gasteiger partial charge < -0.3 is 10.2 Å².